The molecule has 17 heavy (non-hydrogen) atoms. The number of alkyl halides is 1. The number of rotatable bonds is 3. The molecule has 0 saturated heterocycles. The highest BCUT2D eigenvalue weighted by Crippen LogP contribution is 2.24. The Morgan fingerprint density at radius 1 is 1.47 bits per heavy atom. The minimum absolute atomic E-state index is 0.178. The Morgan fingerprint density at radius 2 is 2.00 bits per heavy atom. The fourth-order valence-corrected chi connectivity index (χ4v) is 1.61. The average Bonchev–Trinajstić information content (AvgIpc) is 2.31. The lowest BCUT2D eigenvalue weighted by atomic mass is 10.0. The number of nitrogens with zero attached hydrogens (tertiary/aromatic N) is 1. The van der Waals surface area contributed by atoms with Gasteiger partial charge in [-0.2, -0.15) is 0 Å². The predicted octanol–water partition coefficient (Wildman–Crippen LogP) is 2.81. The van der Waals surface area contributed by atoms with E-state index in [1.807, 2.05) is 0 Å². The van der Waals surface area contributed by atoms with Crippen molar-refractivity contribution in [1.29, 1.82) is 0 Å². The van der Waals surface area contributed by atoms with Crippen molar-refractivity contribution in [3.63, 3.8) is 0 Å². The number of carbonyl (C=O) groups excluding carboxylic acids is 1. The minimum atomic E-state index is -0.816. The van der Waals surface area contributed by atoms with Gasteiger partial charge in [-0.05, 0) is 38.1 Å². The quantitative estimate of drug-likeness (QED) is 0.599. The van der Waals surface area contributed by atoms with Crippen molar-refractivity contribution in [1.82, 2.24) is 0 Å². The Kier molecular flexibility index (Phi) is 4.14. The summed E-state index contributed by atoms with van der Waals surface area (Å²) < 4.78 is 12.8. The minimum Gasteiger partial charge on any atom is -0.295 e. The second-order valence-corrected chi connectivity index (χ2v) is 4.31. The van der Waals surface area contributed by atoms with Crippen LogP contribution in [0.3, 0.4) is 0 Å². The molecule has 0 radical (unpaired) electrons. The van der Waals surface area contributed by atoms with E-state index < -0.39 is 5.54 Å². The second kappa shape index (κ2) is 5.20. The summed E-state index contributed by atoms with van der Waals surface area (Å²) in [6.45, 7) is 3.45. The van der Waals surface area contributed by atoms with Crippen LogP contribution in [0.4, 0.5) is 10.1 Å². The van der Waals surface area contributed by atoms with E-state index in [2.05, 4.69) is 5.92 Å². The highest BCUT2D eigenvalue weighted by Gasteiger charge is 2.29. The molecule has 0 unspecified atom stereocenters. The average molecular weight is 254 g/mol. The first-order valence-corrected chi connectivity index (χ1v) is 5.58. The molecule has 1 rings (SSSR count). The second-order valence-electron chi connectivity index (χ2n) is 4.04. The van der Waals surface area contributed by atoms with Crippen molar-refractivity contribution in [2.24, 2.45) is 0 Å². The van der Waals surface area contributed by atoms with Crippen LogP contribution in [0.2, 0.25) is 0 Å². The molecular formula is C13H13ClFNO. The Balaban J connectivity index is 3.21. The predicted molar refractivity (Wildman–Crippen MR) is 67.5 cm³/mol. The smallest absolute Gasteiger partial charge is 0.243 e. The van der Waals surface area contributed by atoms with Crippen LogP contribution < -0.4 is 4.90 Å². The first-order chi connectivity index (χ1) is 7.92. The highest BCUT2D eigenvalue weighted by molar-refractivity contribution is 6.29. The van der Waals surface area contributed by atoms with Crippen molar-refractivity contribution in [3.8, 4) is 12.3 Å². The molecule has 0 saturated carbocycles. The number of hydrogen-bond donors (Lipinski definition) is 0. The van der Waals surface area contributed by atoms with Gasteiger partial charge in [0.1, 0.15) is 17.2 Å². The lowest BCUT2D eigenvalue weighted by molar-refractivity contribution is -0.117. The third-order valence-electron chi connectivity index (χ3n) is 2.36. The third-order valence-corrected chi connectivity index (χ3v) is 2.59. The van der Waals surface area contributed by atoms with Crippen molar-refractivity contribution < 1.29 is 9.18 Å². The molecule has 90 valence electrons. The zero-order valence-corrected chi connectivity index (χ0v) is 10.5. The van der Waals surface area contributed by atoms with Gasteiger partial charge in [0.15, 0.2) is 0 Å². The zero-order valence-electron chi connectivity index (χ0n) is 9.71. The number of hydrogen-bond acceptors (Lipinski definition) is 1. The van der Waals surface area contributed by atoms with Crippen LogP contribution in [0.15, 0.2) is 24.3 Å². The molecule has 0 aliphatic rings. The largest absolute Gasteiger partial charge is 0.295 e. The summed E-state index contributed by atoms with van der Waals surface area (Å²) in [7, 11) is 0. The van der Waals surface area contributed by atoms with Gasteiger partial charge < -0.3 is 0 Å². The first-order valence-electron chi connectivity index (χ1n) is 5.04. The summed E-state index contributed by atoms with van der Waals surface area (Å²) in [5, 5.41) is 0. The lowest BCUT2D eigenvalue weighted by Crippen LogP contribution is -2.47. The van der Waals surface area contributed by atoms with E-state index in [0.29, 0.717) is 5.69 Å². The summed E-state index contributed by atoms with van der Waals surface area (Å²) in [5.41, 5.74) is -0.288. The van der Waals surface area contributed by atoms with Gasteiger partial charge in [0.05, 0.1) is 0 Å². The molecule has 2 nitrogen and oxygen atoms in total. The van der Waals surface area contributed by atoms with Crippen LogP contribution in [-0.2, 0) is 4.79 Å². The molecule has 1 aromatic carbocycles. The van der Waals surface area contributed by atoms with Crippen LogP contribution >= 0.6 is 11.6 Å². The van der Waals surface area contributed by atoms with E-state index in [0.717, 1.165) is 0 Å². The Hall–Kier alpha value is -1.53. The Labute approximate surface area is 105 Å². The normalized spacial score (nSPS) is 10.8. The summed E-state index contributed by atoms with van der Waals surface area (Å²) in [4.78, 5) is 13.2. The van der Waals surface area contributed by atoms with Gasteiger partial charge in [-0.25, -0.2) is 4.39 Å². The SMILES string of the molecule is C#CC(C)(C)N(C(=O)CCl)c1ccc(F)cc1. The molecule has 0 atom stereocenters. The van der Waals surface area contributed by atoms with E-state index >= 15 is 0 Å². The molecule has 0 aliphatic carbocycles. The highest BCUT2D eigenvalue weighted by atomic mass is 35.5. The first kappa shape index (κ1) is 13.5. The molecule has 1 aromatic rings. The van der Waals surface area contributed by atoms with Crippen LogP contribution in [0.25, 0.3) is 0 Å². The molecular weight excluding hydrogens is 241 g/mol. The third kappa shape index (κ3) is 2.98. The number of anilines is 1. The van der Waals surface area contributed by atoms with Gasteiger partial charge in [-0.15, -0.1) is 18.0 Å². The zero-order chi connectivity index (χ0) is 13.1. The number of benzene rings is 1. The van der Waals surface area contributed by atoms with E-state index in [-0.39, 0.29) is 17.6 Å². The van der Waals surface area contributed by atoms with Crippen molar-refractivity contribution in [2.45, 2.75) is 19.4 Å². The molecule has 0 aromatic heterocycles. The maximum absolute atomic E-state index is 12.8. The monoisotopic (exact) mass is 253 g/mol. The summed E-state index contributed by atoms with van der Waals surface area (Å²) in [6, 6.07) is 5.55. The Bertz CT molecular complexity index is 447. The number of terminal acetylenes is 1. The maximum Gasteiger partial charge on any atom is 0.243 e. The lowest BCUT2D eigenvalue weighted by Gasteiger charge is -2.34. The molecule has 1 amide bonds. The van der Waals surface area contributed by atoms with Gasteiger partial charge in [0, 0.05) is 5.69 Å². The molecule has 0 aliphatic heterocycles. The molecule has 0 fully saturated rings. The van der Waals surface area contributed by atoms with Crippen molar-refractivity contribution >= 4 is 23.2 Å². The van der Waals surface area contributed by atoms with E-state index in [1.165, 1.54) is 29.2 Å². The van der Waals surface area contributed by atoms with E-state index in [4.69, 9.17) is 18.0 Å². The van der Waals surface area contributed by atoms with Gasteiger partial charge >= 0.3 is 0 Å². The number of amides is 1. The molecule has 4 heteroatoms. The van der Waals surface area contributed by atoms with E-state index in [1.54, 1.807) is 13.8 Å². The topological polar surface area (TPSA) is 20.3 Å². The molecule has 0 heterocycles. The van der Waals surface area contributed by atoms with Crippen LogP contribution in [0.1, 0.15) is 13.8 Å². The van der Waals surface area contributed by atoms with Gasteiger partial charge in [0.2, 0.25) is 5.91 Å². The van der Waals surface area contributed by atoms with Crippen molar-refractivity contribution in [3.05, 3.63) is 30.1 Å². The van der Waals surface area contributed by atoms with Crippen molar-refractivity contribution in [2.75, 3.05) is 10.8 Å². The standard InChI is InChI=1S/C13H13ClFNO/c1-4-13(2,3)16(12(17)9-14)11-7-5-10(15)6-8-11/h1,5-8H,9H2,2-3H3. The summed E-state index contributed by atoms with van der Waals surface area (Å²) in [5.74, 6) is 1.66. The number of carbonyl (C=O) groups is 1. The summed E-state index contributed by atoms with van der Waals surface area (Å²) >= 11 is 5.56. The van der Waals surface area contributed by atoms with Crippen LogP contribution in [0, 0.1) is 18.2 Å². The van der Waals surface area contributed by atoms with Crippen LogP contribution in [-0.4, -0.2) is 17.3 Å². The van der Waals surface area contributed by atoms with Gasteiger partial charge in [-0.1, -0.05) is 5.92 Å². The Morgan fingerprint density at radius 3 is 2.41 bits per heavy atom. The van der Waals surface area contributed by atoms with Crippen LogP contribution in [0.5, 0.6) is 0 Å². The van der Waals surface area contributed by atoms with Gasteiger partial charge in [-0.3, -0.25) is 9.69 Å². The molecule has 0 spiro atoms. The molecule has 0 N–H and O–H groups in total. The fraction of sp³-hybridized carbons (Fsp3) is 0.308. The maximum atomic E-state index is 12.8. The molecule has 0 bridgehead atoms. The summed E-state index contributed by atoms with van der Waals surface area (Å²) in [6.07, 6.45) is 5.41. The number of halogens is 2. The van der Waals surface area contributed by atoms with Gasteiger partial charge in [0.25, 0.3) is 0 Å². The fourth-order valence-electron chi connectivity index (χ4n) is 1.49. The van der Waals surface area contributed by atoms with E-state index in [9.17, 15) is 9.18 Å².